The van der Waals surface area contributed by atoms with Crippen molar-refractivity contribution in [3.05, 3.63) is 84.3 Å². The van der Waals surface area contributed by atoms with Crippen LogP contribution in [0.2, 0.25) is 0 Å². The summed E-state index contributed by atoms with van der Waals surface area (Å²) in [5.41, 5.74) is 2.00. The summed E-state index contributed by atoms with van der Waals surface area (Å²) in [5.74, 6) is 2.29. The second-order valence-electron chi connectivity index (χ2n) is 7.64. The van der Waals surface area contributed by atoms with Crippen LogP contribution in [-0.2, 0) is 17.9 Å². The lowest BCUT2D eigenvalue weighted by Gasteiger charge is -2.21. The van der Waals surface area contributed by atoms with Gasteiger partial charge >= 0.3 is 0 Å². The summed E-state index contributed by atoms with van der Waals surface area (Å²) >= 11 is 1.39. The van der Waals surface area contributed by atoms with Gasteiger partial charge in [-0.05, 0) is 48.9 Å². The number of nitrogens with zero attached hydrogens (tertiary/aromatic N) is 4. The highest BCUT2D eigenvalue weighted by molar-refractivity contribution is 8.00. The van der Waals surface area contributed by atoms with Gasteiger partial charge in [-0.1, -0.05) is 42.1 Å². The lowest BCUT2D eigenvalue weighted by molar-refractivity contribution is -0.129. The third-order valence-corrected chi connectivity index (χ3v) is 6.30. The minimum absolute atomic E-state index is 0.0300. The average Bonchev–Trinajstić information content (AvgIpc) is 3.50. The van der Waals surface area contributed by atoms with Gasteiger partial charge in [-0.25, -0.2) is 0 Å². The molecule has 0 saturated heterocycles. The quantitative estimate of drug-likeness (QED) is 0.335. The van der Waals surface area contributed by atoms with Crippen LogP contribution in [0.5, 0.6) is 5.75 Å². The molecule has 0 N–H and O–H groups in total. The Kier molecular flexibility index (Phi) is 7.14. The fourth-order valence-electron chi connectivity index (χ4n) is 3.48. The van der Waals surface area contributed by atoms with E-state index in [-0.39, 0.29) is 11.2 Å². The molecule has 0 fully saturated rings. The van der Waals surface area contributed by atoms with Crippen molar-refractivity contribution in [2.24, 2.45) is 0 Å². The Morgan fingerprint density at radius 2 is 1.85 bits per heavy atom. The molecule has 33 heavy (non-hydrogen) atoms. The summed E-state index contributed by atoms with van der Waals surface area (Å²) in [4.78, 5) is 14.8. The van der Waals surface area contributed by atoms with Gasteiger partial charge in [-0.3, -0.25) is 9.36 Å². The Bertz CT molecular complexity index is 1170. The average molecular weight is 463 g/mol. The van der Waals surface area contributed by atoms with Gasteiger partial charge in [0.25, 0.3) is 0 Å². The van der Waals surface area contributed by atoms with E-state index in [2.05, 4.69) is 10.2 Å². The second-order valence-corrected chi connectivity index (χ2v) is 8.95. The molecule has 7 nitrogen and oxygen atoms in total. The first-order valence-corrected chi connectivity index (χ1v) is 11.5. The number of benzene rings is 2. The lowest BCUT2D eigenvalue weighted by atomic mass is 10.2. The fraction of sp³-hybridized carbons (Fsp3) is 0.240. The SMILES string of the molecule is COc1ccc(-c2nnc(SC(C)C(=O)N(C)Cc3ccccc3)n2Cc2ccco2)cc1. The standard InChI is InChI=1S/C25H26N4O3S/c1-18(24(30)28(2)16-19-8-5-4-6-9-19)33-25-27-26-23(20-11-13-21(31-3)14-12-20)29(25)17-22-10-7-15-32-22/h4-15,18H,16-17H2,1-3H3. The number of ether oxygens (including phenoxy) is 1. The maximum absolute atomic E-state index is 13.0. The minimum Gasteiger partial charge on any atom is -0.497 e. The van der Waals surface area contributed by atoms with Crippen LogP contribution < -0.4 is 4.74 Å². The highest BCUT2D eigenvalue weighted by Crippen LogP contribution is 2.29. The van der Waals surface area contributed by atoms with Crippen LogP contribution in [0.25, 0.3) is 11.4 Å². The minimum atomic E-state index is -0.331. The van der Waals surface area contributed by atoms with Crippen LogP contribution in [0.15, 0.2) is 82.6 Å². The molecule has 1 amide bonds. The predicted octanol–water partition coefficient (Wildman–Crippen LogP) is 4.73. The summed E-state index contributed by atoms with van der Waals surface area (Å²) < 4.78 is 12.8. The van der Waals surface area contributed by atoms with Crippen LogP contribution >= 0.6 is 11.8 Å². The topological polar surface area (TPSA) is 73.4 Å². The van der Waals surface area contributed by atoms with E-state index in [1.807, 2.05) is 85.3 Å². The van der Waals surface area contributed by atoms with Crippen molar-refractivity contribution in [3.8, 4) is 17.1 Å². The fourth-order valence-corrected chi connectivity index (χ4v) is 4.45. The molecule has 4 rings (SSSR count). The maximum Gasteiger partial charge on any atom is 0.235 e. The molecule has 0 saturated carbocycles. The highest BCUT2D eigenvalue weighted by Gasteiger charge is 2.24. The van der Waals surface area contributed by atoms with E-state index in [1.54, 1.807) is 18.3 Å². The first-order chi connectivity index (χ1) is 16.0. The summed E-state index contributed by atoms with van der Waals surface area (Å²) in [6.07, 6.45) is 1.64. The summed E-state index contributed by atoms with van der Waals surface area (Å²) in [6.45, 7) is 2.92. The molecule has 0 aliphatic rings. The summed E-state index contributed by atoms with van der Waals surface area (Å²) in [7, 11) is 3.46. The maximum atomic E-state index is 13.0. The number of thioether (sulfide) groups is 1. The Hall–Kier alpha value is -3.52. The smallest absolute Gasteiger partial charge is 0.235 e. The van der Waals surface area contributed by atoms with E-state index in [1.165, 1.54) is 11.8 Å². The van der Waals surface area contributed by atoms with Gasteiger partial charge in [0.05, 0.1) is 25.2 Å². The van der Waals surface area contributed by atoms with Gasteiger partial charge < -0.3 is 14.1 Å². The van der Waals surface area contributed by atoms with Crippen LogP contribution in [0.3, 0.4) is 0 Å². The number of rotatable bonds is 9. The molecule has 8 heteroatoms. The zero-order chi connectivity index (χ0) is 23.2. The normalized spacial score (nSPS) is 11.8. The molecule has 2 aromatic carbocycles. The van der Waals surface area contributed by atoms with Crippen molar-refractivity contribution in [1.29, 1.82) is 0 Å². The molecule has 0 spiro atoms. The van der Waals surface area contributed by atoms with E-state index in [0.717, 1.165) is 22.6 Å². The number of carbonyl (C=O) groups excluding carboxylic acids is 1. The van der Waals surface area contributed by atoms with Crippen molar-refractivity contribution in [1.82, 2.24) is 19.7 Å². The summed E-state index contributed by atoms with van der Waals surface area (Å²) in [5, 5.41) is 9.17. The first kappa shape index (κ1) is 22.7. The molecule has 1 atom stereocenters. The van der Waals surface area contributed by atoms with Crippen LogP contribution in [-0.4, -0.2) is 45.0 Å². The van der Waals surface area contributed by atoms with Crippen molar-refractivity contribution >= 4 is 17.7 Å². The monoisotopic (exact) mass is 462 g/mol. The number of hydrogen-bond acceptors (Lipinski definition) is 6. The third-order valence-electron chi connectivity index (χ3n) is 5.23. The Balaban J connectivity index is 1.55. The van der Waals surface area contributed by atoms with Gasteiger partial charge in [0, 0.05) is 19.2 Å². The molecule has 2 heterocycles. The van der Waals surface area contributed by atoms with E-state index in [0.29, 0.717) is 24.1 Å². The number of amides is 1. The highest BCUT2D eigenvalue weighted by atomic mass is 32.2. The van der Waals surface area contributed by atoms with Crippen LogP contribution in [0, 0.1) is 0 Å². The number of methoxy groups -OCH3 is 1. The Labute approximate surface area is 197 Å². The molecule has 1 unspecified atom stereocenters. The van der Waals surface area contributed by atoms with Gasteiger partial charge in [-0.15, -0.1) is 10.2 Å². The molecule has 4 aromatic rings. The molecule has 0 aliphatic heterocycles. The Morgan fingerprint density at radius 3 is 2.52 bits per heavy atom. The number of carbonyl (C=O) groups is 1. The number of hydrogen-bond donors (Lipinski definition) is 0. The van der Waals surface area contributed by atoms with Crippen molar-refractivity contribution < 1.29 is 13.9 Å². The summed E-state index contributed by atoms with van der Waals surface area (Å²) in [6, 6.07) is 21.4. The van der Waals surface area contributed by atoms with E-state index in [9.17, 15) is 4.79 Å². The van der Waals surface area contributed by atoms with E-state index < -0.39 is 0 Å². The van der Waals surface area contributed by atoms with Crippen molar-refractivity contribution in [3.63, 3.8) is 0 Å². The van der Waals surface area contributed by atoms with Crippen molar-refractivity contribution in [2.45, 2.75) is 30.4 Å². The lowest BCUT2D eigenvalue weighted by Crippen LogP contribution is -2.33. The van der Waals surface area contributed by atoms with E-state index >= 15 is 0 Å². The molecular formula is C25H26N4O3S. The zero-order valence-electron chi connectivity index (χ0n) is 18.8. The molecule has 2 aromatic heterocycles. The van der Waals surface area contributed by atoms with Crippen LogP contribution in [0.4, 0.5) is 0 Å². The van der Waals surface area contributed by atoms with E-state index in [4.69, 9.17) is 9.15 Å². The number of furan rings is 1. The third kappa shape index (κ3) is 5.46. The molecule has 0 radical (unpaired) electrons. The largest absolute Gasteiger partial charge is 0.497 e. The molecule has 170 valence electrons. The van der Waals surface area contributed by atoms with Crippen molar-refractivity contribution in [2.75, 3.05) is 14.2 Å². The predicted molar refractivity (Wildman–Crippen MR) is 128 cm³/mol. The molecule has 0 bridgehead atoms. The first-order valence-electron chi connectivity index (χ1n) is 10.6. The van der Waals surface area contributed by atoms with Gasteiger partial charge in [0.2, 0.25) is 5.91 Å². The van der Waals surface area contributed by atoms with Gasteiger partial charge in [0.15, 0.2) is 11.0 Å². The Morgan fingerprint density at radius 1 is 1.09 bits per heavy atom. The molecule has 0 aliphatic carbocycles. The second kappa shape index (κ2) is 10.4. The van der Waals surface area contributed by atoms with Crippen LogP contribution in [0.1, 0.15) is 18.2 Å². The zero-order valence-corrected chi connectivity index (χ0v) is 19.7. The number of aromatic nitrogens is 3. The van der Waals surface area contributed by atoms with Gasteiger partial charge in [0.1, 0.15) is 11.5 Å². The molecular weight excluding hydrogens is 436 g/mol. The van der Waals surface area contributed by atoms with Gasteiger partial charge in [-0.2, -0.15) is 0 Å².